The van der Waals surface area contributed by atoms with Crippen LogP contribution in [-0.2, 0) is 6.54 Å². The van der Waals surface area contributed by atoms with Crippen molar-refractivity contribution in [2.45, 2.75) is 6.54 Å². The van der Waals surface area contributed by atoms with Gasteiger partial charge < -0.3 is 0 Å². The van der Waals surface area contributed by atoms with Gasteiger partial charge in [-0.05, 0) is 11.4 Å². The number of hydrogen-bond acceptors (Lipinski definition) is 5. The van der Waals surface area contributed by atoms with Gasteiger partial charge in [-0.2, -0.15) is 10.2 Å². The first-order chi connectivity index (χ1) is 7.92. The zero-order chi connectivity index (χ0) is 10.8. The van der Waals surface area contributed by atoms with E-state index in [-0.39, 0.29) is 0 Å². The van der Waals surface area contributed by atoms with Gasteiger partial charge in [-0.3, -0.25) is 5.10 Å². The predicted molar refractivity (Wildman–Crippen MR) is 58.8 cm³/mol. The van der Waals surface area contributed by atoms with E-state index in [1.165, 1.54) is 6.33 Å². The van der Waals surface area contributed by atoms with Crippen molar-refractivity contribution in [2.75, 3.05) is 0 Å². The Morgan fingerprint density at radius 3 is 3.19 bits per heavy atom. The molecule has 0 amide bonds. The van der Waals surface area contributed by atoms with Crippen LogP contribution in [0.5, 0.6) is 0 Å². The highest BCUT2D eigenvalue weighted by Crippen LogP contribution is 2.20. The molecular weight excluding hydrogens is 224 g/mol. The smallest absolute Gasteiger partial charge is 0.191 e. The van der Waals surface area contributed by atoms with Gasteiger partial charge in [-0.1, -0.05) is 6.07 Å². The van der Waals surface area contributed by atoms with Gasteiger partial charge in [0.25, 0.3) is 0 Å². The lowest BCUT2D eigenvalue weighted by atomic mass is 10.4. The van der Waals surface area contributed by atoms with E-state index >= 15 is 0 Å². The number of nitrogens with zero attached hydrogens (tertiary/aromatic N) is 5. The second-order valence-electron chi connectivity index (χ2n) is 3.18. The molecule has 0 atom stereocenters. The summed E-state index contributed by atoms with van der Waals surface area (Å²) in [6.45, 7) is 0.554. The molecule has 0 aliphatic rings. The highest BCUT2D eigenvalue weighted by molar-refractivity contribution is 7.13. The monoisotopic (exact) mass is 232 g/mol. The minimum atomic E-state index is 0.554. The zero-order valence-corrected chi connectivity index (χ0v) is 9.05. The molecule has 0 radical (unpaired) electrons. The molecule has 16 heavy (non-hydrogen) atoms. The van der Waals surface area contributed by atoms with Crippen LogP contribution in [-0.4, -0.2) is 29.9 Å². The van der Waals surface area contributed by atoms with Crippen LogP contribution in [0.25, 0.3) is 10.7 Å². The maximum absolute atomic E-state index is 4.38. The molecule has 80 valence electrons. The second kappa shape index (κ2) is 3.86. The van der Waals surface area contributed by atoms with Crippen molar-refractivity contribution >= 4 is 11.3 Å². The van der Waals surface area contributed by atoms with Crippen LogP contribution in [0.2, 0.25) is 0 Å². The van der Waals surface area contributed by atoms with Gasteiger partial charge in [0, 0.05) is 0 Å². The molecule has 0 unspecified atom stereocenters. The van der Waals surface area contributed by atoms with E-state index in [4.69, 9.17) is 0 Å². The molecule has 0 saturated carbocycles. The van der Waals surface area contributed by atoms with Crippen molar-refractivity contribution in [3.63, 3.8) is 0 Å². The van der Waals surface area contributed by atoms with E-state index in [0.29, 0.717) is 6.54 Å². The fraction of sp³-hybridized carbons (Fsp3) is 0.111. The number of hydrogen-bond donors (Lipinski definition) is 1. The number of thiophene rings is 1. The number of aromatic amines is 1. The summed E-state index contributed by atoms with van der Waals surface area (Å²) >= 11 is 1.62. The quantitative estimate of drug-likeness (QED) is 0.735. The summed E-state index contributed by atoms with van der Waals surface area (Å²) < 4.78 is 1.69. The highest BCUT2D eigenvalue weighted by Gasteiger charge is 2.06. The zero-order valence-electron chi connectivity index (χ0n) is 8.24. The molecule has 6 nitrogen and oxygen atoms in total. The molecular formula is C9H8N6S. The molecule has 0 aliphatic heterocycles. The first-order valence-corrected chi connectivity index (χ1v) is 5.57. The Kier molecular flexibility index (Phi) is 2.22. The molecule has 3 aromatic heterocycles. The van der Waals surface area contributed by atoms with Gasteiger partial charge in [-0.25, -0.2) is 14.6 Å². The number of aromatic nitrogens is 6. The summed E-state index contributed by atoms with van der Waals surface area (Å²) in [5.74, 6) is 1.50. The van der Waals surface area contributed by atoms with Crippen molar-refractivity contribution in [1.29, 1.82) is 0 Å². The van der Waals surface area contributed by atoms with Crippen LogP contribution >= 0.6 is 11.3 Å². The molecule has 7 heteroatoms. The molecule has 3 rings (SSSR count). The standard InChI is InChI=1S/C9H8N6S/c1-2-7(16-3-1)9-12-8(13-14-9)4-15-6-10-5-11-15/h1-3,5-6H,4H2,(H,12,13,14). The predicted octanol–water partition coefficient (Wildman–Crippen LogP) is 1.17. The third-order valence-corrected chi connectivity index (χ3v) is 2.92. The normalized spacial score (nSPS) is 10.8. The Morgan fingerprint density at radius 2 is 2.44 bits per heavy atom. The third kappa shape index (κ3) is 1.72. The van der Waals surface area contributed by atoms with Crippen LogP contribution in [0.3, 0.4) is 0 Å². The van der Waals surface area contributed by atoms with Gasteiger partial charge in [0.1, 0.15) is 25.0 Å². The largest absolute Gasteiger partial charge is 0.261 e. The van der Waals surface area contributed by atoms with Crippen LogP contribution in [0, 0.1) is 0 Å². The first kappa shape index (κ1) is 9.22. The third-order valence-electron chi connectivity index (χ3n) is 2.05. The van der Waals surface area contributed by atoms with E-state index in [9.17, 15) is 0 Å². The Balaban J connectivity index is 1.83. The van der Waals surface area contributed by atoms with Gasteiger partial charge in [-0.15, -0.1) is 11.3 Å². The minimum Gasteiger partial charge on any atom is -0.261 e. The molecule has 0 spiro atoms. The van der Waals surface area contributed by atoms with Gasteiger partial charge in [0.05, 0.1) is 4.88 Å². The molecule has 1 N–H and O–H groups in total. The maximum atomic E-state index is 4.38. The summed E-state index contributed by atoms with van der Waals surface area (Å²) in [4.78, 5) is 9.31. The number of rotatable bonds is 3. The highest BCUT2D eigenvalue weighted by atomic mass is 32.1. The van der Waals surface area contributed by atoms with E-state index in [2.05, 4.69) is 25.3 Å². The molecule has 0 saturated heterocycles. The molecule has 0 aromatic carbocycles. The van der Waals surface area contributed by atoms with E-state index < -0.39 is 0 Å². The lowest BCUT2D eigenvalue weighted by Gasteiger charge is -1.93. The summed E-state index contributed by atoms with van der Waals surface area (Å²) in [7, 11) is 0. The summed E-state index contributed by atoms with van der Waals surface area (Å²) in [5, 5.41) is 13.0. The SMILES string of the molecule is c1csc(-c2n[nH]c(Cn3cncn3)n2)c1. The molecule has 0 bridgehead atoms. The van der Waals surface area contributed by atoms with Gasteiger partial charge in [0.15, 0.2) is 5.82 Å². The maximum Gasteiger partial charge on any atom is 0.191 e. The molecule has 3 heterocycles. The van der Waals surface area contributed by atoms with Crippen molar-refractivity contribution in [3.05, 3.63) is 36.0 Å². The van der Waals surface area contributed by atoms with Crippen LogP contribution < -0.4 is 0 Å². The number of H-pyrrole nitrogens is 1. The van der Waals surface area contributed by atoms with E-state index in [1.54, 1.807) is 22.3 Å². The molecule has 3 aromatic rings. The van der Waals surface area contributed by atoms with E-state index in [1.807, 2.05) is 17.5 Å². The van der Waals surface area contributed by atoms with Crippen molar-refractivity contribution in [1.82, 2.24) is 29.9 Å². The lowest BCUT2D eigenvalue weighted by Crippen LogP contribution is -2.01. The Labute approximate surface area is 95.0 Å². The lowest BCUT2D eigenvalue weighted by molar-refractivity contribution is 0.656. The van der Waals surface area contributed by atoms with Crippen molar-refractivity contribution < 1.29 is 0 Å². The first-order valence-electron chi connectivity index (χ1n) is 4.69. The Morgan fingerprint density at radius 1 is 1.44 bits per heavy atom. The average molecular weight is 232 g/mol. The number of nitrogens with one attached hydrogen (secondary N) is 1. The van der Waals surface area contributed by atoms with Crippen molar-refractivity contribution in [2.24, 2.45) is 0 Å². The van der Waals surface area contributed by atoms with Crippen LogP contribution in [0.4, 0.5) is 0 Å². The van der Waals surface area contributed by atoms with Crippen LogP contribution in [0.15, 0.2) is 30.2 Å². The Hall–Kier alpha value is -2.02. The van der Waals surface area contributed by atoms with E-state index in [0.717, 1.165) is 16.5 Å². The van der Waals surface area contributed by atoms with Crippen molar-refractivity contribution in [3.8, 4) is 10.7 Å². The average Bonchev–Trinajstić information content (AvgIpc) is 2.99. The fourth-order valence-corrected chi connectivity index (χ4v) is 2.01. The summed E-state index contributed by atoms with van der Waals surface area (Å²) in [5.41, 5.74) is 0. The molecule has 0 fully saturated rings. The summed E-state index contributed by atoms with van der Waals surface area (Å²) in [6.07, 6.45) is 3.14. The van der Waals surface area contributed by atoms with Gasteiger partial charge >= 0.3 is 0 Å². The topological polar surface area (TPSA) is 72.3 Å². The second-order valence-corrected chi connectivity index (χ2v) is 4.12. The van der Waals surface area contributed by atoms with Crippen LogP contribution in [0.1, 0.15) is 5.82 Å². The minimum absolute atomic E-state index is 0.554. The molecule has 0 aliphatic carbocycles. The Bertz CT molecular complexity index is 553. The fourth-order valence-electron chi connectivity index (χ4n) is 1.35. The summed E-state index contributed by atoms with van der Waals surface area (Å²) in [6, 6.07) is 3.97. The van der Waals surface area contributed by atoms with Gasteiger partial charge in [0.2, 0.25) is 0 Å².